The van der Waals surface area contributed by atoms with Crippen molar-refractivity contribution in [3.63, 3.8) is 0 Å². The molecule has 4 nitrogen and oxygen atoms in total. The molecule has 2 amide bonds. The van der Waals surface area contributed by atoms with Crippen molar-refractivity contribution >= 4 is 23.6 Å². The second-order valence-electron chi connectivity index (χ2n) is 8.69. The standard InChI is InChI=1S/C22H38N2O2S/c1-3-5-9-18(4-2)20(25)23-14-12-22(13-15-23)24(16-17-27-22)21(26)19-10-7-6-8-11-19/h18-19H,3-17H2,1-2H3/t18-/m0/s1. The number of carbonyl (C=O) groups is 2. The Labute approximate surface area is 169 Å². The summed E-state index contributed by atoms with van der Waals surface area (Å²) in [7, 11) is 0. The summed E-state index contributed by atoms with van der Waals surface area (Å²) in [4.78, 5) is 30.4. The van der Waals surface area contributed by atoms with Gasteiger partial charge in [0, 0.05) is 37.2 Å². The number of nitrogens with zero attached hydrogens (tertiary/aromatic N) is 2. The lowest BCUT2D eigenvalue weighted by Crippen LogP contribution is -2.55. The maximum absolute atomic E-state index is 13.2. The van der Waals surface area contributed by atoms with Gasteiger partial charge in [-0.15, -0.1) is 11.8 Å². The number of thioether (sulfide) groups is 1. The SMILES string of the molecule is CCCC[C@H](CC)C(=O)N1CCC2(CC1)SCCN2C(=O)C1CCCCC1. The van der Waals surface area contributed by atoms with Gasteiger partial charge in [-0.25, -0.2) is 0 Å². The minimum Gasteiger partial charge on any atom is -0.342 e. The van der Waals surface area contributed by atoms with Gasteiger partial charge in [0.25, 0.3) is 0 Å². The molecule has 0 unspecified atom stereocenters. The van der Waals surface area contributed by atoms with E-state index in [0.717, 1.165) is 76.8 Å². The number of likely N-dealkylation sites (tertiary alicyclic amines) is 1. The largest absolute Gasteiger partial charge is 0.342 e. The Balaban J connectivity index is 1.59. The zero-order valence-electron chi connectivity index (χ0n) is 17.4. The third kappa shape index (κ3) is 4.65. The van der Waals surface area contributed by atoms with Crippen molar-refractivity contribution < 1.29 is 9.59 Å². The first-order chi connectivity index (χ1) is 13.1. The molecule has 2 saturated heterocycles. The molecule has 3 fully saturated rings. The fraction of sp³-hybridized carbons (Fsp3) is 0.909. The van der Waals surface area contributed by atoms with Crippen LogP contribution in [0.3, 0.4) is 0 Å². The van der Waals surface area contributed by atoms with Crippen molar-refractivity contribution in [2.45, 2.75) is 89.3 Å². The average Bonchev–Trinajstić information content (AvgIpc) is 3.12. The lowest BCUT2D eigenvalue weighted by atomic mass is 9.87. The van der Waals surface area contributed by atoms with Gasteiger partial charge in [0.2, 0.25) is 11.8 Å². The van der Waals surface area contributed by atoms with Crippen LogP contribution in [-0.2, 0) is 9.59 Å². The molecular formula is C22H38N2O2S. The smallest absolute Gasteiger partial charge is 0.226 e. The number of hydrogen-bond acceptors (Lipinski definition) is 3. The Hall–Kier alpha value is -0.710. The summed E-state index contributed by atoms with van der Waals surface area (Å²) in [6, 6.07) is 0. The number of carbonyl (C=O) groups excluding carboxylic acids is 2. The van der Waals surface area contributed by atoms with E-state index in [0.29, 0.717) is 11.8 Å². The lowest BCUT2D eigenvalue weighted by molar-refractivity contribution is -0.142. The zero-order valence-corrected chi connectivity index (χ0v) is 18.2. The van der Waals surface area contributed by atoms with Gasteiger partial charge >= 0.3 is 0 Å². The molecule has 0 radical (unpaired) electrons. The number of hydrogen-bond donors (Lipinski definition) is 0. The van der Waals surface area contributed by atoms with Crippen molar-refractivity contribution in [2.75, 3.05) is 25.4 Å². The fourth-order valence-corrected chi connectivity index (χ4v) is 6.65. The Kier molecular flexibility index (Phi) is 7.52. The maximum atomic E-state index is 13.2. The van der Waals surface area contributed by atoms with Crippen molar-refractivity contribution in [2.24, 2.45) is 11.8 Å². The Morgan fingerprint density at radius 2 is 1.78 bits per heavy atom. The average molecular weight is 395 g/mol. The van der Waals surface area contributed by atoms with Gasteiger partial charge in [-0.3, -0.25) is 9.59 Å². The predicted octanol–water partition coefficient (Wildman–Crippen LogP) is 4.68. The second-order valence-corrected chi connectivity index (χ2v) is 10.1. The molecule has 5 heteroatoms. The molecular weight excluding hydrogens is 356 g/mol. The van der Waals surface area contributed by atoms with Crippen molar-refractivity contribution in [1.29, 1.82) is 0 Å². The topological polar surface area (TPSA) is 40.6 Å². The molecule has 1 saturated carbocycles. The summed E-state index contributed by atoms with van der Waals surface area (Å²) in [5.74, 6) is 2.27. The Morgan fingerprint density at radius 1 is 1.07 bits per heavy atom. The van der Waals surface area contributed by atoms with Crippen LogP contribution in [0.2, 0.25) is 0 Å². The van der Waals surface area contributed by atoms with E-state index in [2.05, 4.69) is 23.6 Å². The van der Waals surface area contributed by atoms with Crippen molar-refractivity contribution in [3.05, 3.63) is 0 Å². The molecule has 0 bridgehead atoms. The summed E-state index contributed by atoms with van der Waals surface area (Å²) >= 11 is 1.97. The summed E-state index contributed by atoms with van der Waals surface area (Å²) in [5, 5.41) is 0. The summed E-state index contributed by atoms with van der Waals surface area (Å²) in [5.41, 5.74) is 0. The molecule has 3 rings (SSSR count). The summed E-state index contributed by atoms with van der Waals surface area (Å²) < 4.78 is 0. The van der Waals surface area contributed by atoms with Crippen LogP contribution in [0.1, 0.15) is 84.5 Å². The fourth-order valence-electron chi connectivity index (χ4n) is 5.19. The van der Waals surface area contributed by atoms with E-state index in [1.165, 1.54) is 19.3 Å². The van der Waals surface area contributed by atoms with Crippen molar-refractivity contribution in [1.82, 2.24) is 9.80 Å². The first-order valence-corrected chi connectivity index (χ1v) is 12.3. The van der Waals surface area contributed by atoms with E-state index < -0.39 is 0 Å². The van der Waals surface area contributed by atoms with Gasteiger partial charge in [0.15, 0.2) is 0 Å². The number of amides is 2. The van der Waals surface area contributed by atoms with Gasteiger partial charge in [-0.2, -0.15) is 0 Å². The normalized spacial score (nSPS) is 24.4. The van der Waals surface area contributed by atoms with Gasteiger partial charge in [-0.1, -0.05) is 46.0 Å². The molecule has 0 aromatic rings. The predicted molar refractivity (Wildman–Crippen MR) is 113 cm³/mol. The van der Waals surface area contributed by atoms with Crippen molar-refractivity contribution in [3.8, 4) is 0 Å². The number of rotatable bonds is 6. The third-order valence-corrected chi connectivity index (χ3v) is 8.56. The monoisotopic (exact) mass is 394 g/mol. The van der Waals surface area contributed by atoms with E-state index in [1.54, 1.807) is 0 Å². The molecule has 2 aliphatic heterocycles. The van der Waals surface area contributed by atoms with Crippen LogP contribution in [0.25, 0.3) is 0 Å². The quantitative estimate of drug-likeness (QED) is 0.657. The van der Waals surface area contributed by atoms with Gasteiger partial charge in [0.1, 0.15) is 0 Å². The number of piperidine rings is 1. The van der Waals surface area contributed by atoms with E-state index in [-0.39, 0.29) is 16.7 Å². The zero-order chi connectivity index (χ0) is 19.3. The van der Waals surface area contributed by atoms with Crippen LogP contribution in [0.5, 0.6) is 0 Å². The van der Waals surface area contributed by atoms with Crippen LogP contribution in [0.15, 0.2) is 0 Å². The van der Waals surface area contributed by atoms with E-state index in [9.17, 15) is 9.59 Å². The maximum Gasteiger partial charge on any atom is 0.226 e. The van der Waals surface area contributed by atoms with Crippen LogP contribution < -0.4 is 0 Å². The molecule has 1 atom stereocenters. The minimum absolute atomic E-state index is 0.0313. The summed E-state index contributed by atoms with van der Waals surface area (Å²) in [6.07, 6.45) is 12.0. The van der Waals surface area contributed by atoms with E-state index in [4.69, 9.17) is 0 Å². The first-order valence-electron chi connectivity index (χ1n) is 11.4. The van der Waals surface area contributed by atoms with Gasteiger partial charge in [0.05, 0.1) is 4.87 Å². The van der Waals surface area contributed by atoms with Gasteiger partial charge in [-0.05, 0) is 38.5 Å². The molecule has 154 valence electrons. The first kappa shape index (κ1) is 21.0. The molecule has 3 aliphatic rings. The van der Waals surface area contributed by atoms with Gasteiger partial charge < -0.3 is 9.80 Å². The minimum atomic E-state index is -0.0313. The highest BCUT2D eigenvalue weighted by Crippen LogP contribution is 2.45. The molecule has 1 spiro atoms. The number of unbranched alkanes of at least 4 members (excludes halogenated alkanes) is 1. The highest BCUT2D eigenvalue weighted by molar-refractivity contribution is 8.00. The third-order valence-electron chi connectivity index (χ3n) is 7.00. The van der Waals surface area contributed by atoms with E-state index in [1.807, 2.05) is 11.8 Å². The highest BCUT2D eigenvalue weighted by atomic mass is 32.2. The molecule has 0 aromatic heterocycles. The Morgan fingerprint density at radius 3 is 2.41 bits per heavy atom. The Bertz CT molecular complexity index is 510. The van der Waals surface area contributed by atoms with Crippen LogP contribution in [0, 0.1) is 11.8 Å². The molecule has 0 N–H and O–H groups in total. The lowest BCUT2D eigenvalue weighted by Gasteiger charge is -2.45. The van der Waals surface area contributed by atoms with Crippen LogP contribution in [-0.4, -0.2) is 51.9 Å². The summed E-state index contributed by atoms with van der Waals surface area (Å²) in [6.45, 7) is 6.88. The van der Waals surface area contributed by atoms with E-state index >= 15 is 0 Å². The molecule has 0 aromatic carbocycles. The second kappa shape index (κ2) is 9.67. The molecule has 2 heterocycles. The van der Waals surface area contributed by atoms with Crippen LogP contribution >= 0.6 is 11.8 Å². The molecule has 1 aliphatic carbocycles. The highest BCUT2D eigenvalue weighted by Gasteiger charge is 2.48. The molecule has 27 heavy (non-hydrogen) atoms. The van der Waals surface area contributed by atoms with Crippen LogP contribution in [0.4, 0.5) is 0 Å².